The summed E-state index contributed by atoms with van der Waals surface area (Å²) in [5, 5.41) is 0.689. The number of ether oxygens (including phenoxy) is 1. The second kappa shape index (κ2) is 3.89. The molecule has 90 valence electrons. The number of nitrogens with two attached hydrogens (primary N) is 1. The Morgan fingerprint density at radius 3 is 3.06 bits per heavy atom. The van der Waals surface area contributed by atoms with Gasteiger partial charge in [-0.2, -0.15) is 0 Å². The average molecular weight is 252 g/mol. The number of nitrogens with zero attached hydrogens (tertiary/aromatic N) is 2. The second-order valence-electron chi connectivity index (χ2n) is 4.42. The molecule has 1 aliphatic rings. The Morgan fingerprint density at radius 1 is 1.53 bits per heavy atom. The number of benzene rings is 1. The molecule has 5 heteroatoms. The summed E-state index contributed by atoms with van der Waals surface area (Å²) in [7, 11) is 1.88. The van der Waals surface area contributed by atoms with Crippen molar-refractivity contribution < 1.29 is 4.74 Å². The lowest BCUT2D eigenvalue weighted by atomic mass is 9.97. The Balaban J connectivity index is 2.25. The van der Waals surface area contributed by atoms with E-state index in [0.29, 0.717) is 16.9 Å². The number of aromatic nitrogens is 2. The zero-order chi connectivity index (χ0) is 12.0. The van der Waals surface area contributed by atoms with Gasteiger partial charge in [0.25, 0.3) is 0 Å². The molecule has 0 spiro atoms. The van der Waals surface area contributed by atoms with Crippen LogP contribution in [-0.4, -0.2) is 22.8 Å². The molecule has 1 unspecified atom stereocenters. The van der Waals surface area contributed by atoms with Crippen molar-refractivity contribution in [2.24, 2.45) is 7.05 Å². The maximum atomic E-state index is 6.21. The van der Waals surface area contributed by atoms with Crippen molar-refractivity contribution in [1.82, 2.24) is 9.55 Å². The molecule has 0 saturated carbocycles. The molecule has 0 bridgehead atoms. The number of hydrogen-bond donors (Lipinski definition) is 1. The minimum atomic E-state index is 0.407. The predicted molar refractivity (Wildman–Crippen MR) is 68.3 cm³/mol. The first-order valence-electron chi connectivity index (χ1n) is 5.66. The molecule has 1 saturated heterocycles. The molecule has 1 aromatic carbocycles. The maximum absolute atomic E-state index is 6.21. The summed E-state index contributed by atoms with van der Waals surface area (Å²) in [6.45, 7) is 1.57. The van der Waals surface area contributed by atoms with Gasteiger partial charge in [-0.25, -0.2) is 4.98 Å². The normalized spacial score (nSPS) is 20.2. The van der Waals surface area contributed by atoms with E-state index in [-0.39, 0.29) is 0 Å². The van der Waals surface area contributed by atoms with Gasteiger partial charge in [-0.15, -0.1) is 0 Å². The van der Waals surface area contributed by atoms with Crippen LogP contribution in [0.25, 0.3) is 11.0 Å². The van der Waals surface area contributed by atoms with Crippen LogP contribution in [0.15, 0.2) is 12.1 Å². The lowest BCUT2D eigenvalue weighted by molar-refractivity contribution is 0.194. The van der Waals surface area contributed by atoms with Crippen LogP contribution in [-0.2, 0) is 11.8 Å². The van der Waals surface area contributed by atoms with Gasteiger partial charge in [0.1, 0.15) is 0 Å². The number of anilines is 1. The number of halogens is 1. The molecule has 0 amide bonds. The van der Waals surface area contributed by atoms with Crippen LogP contribution in [0.4, 0.5) is 5.95 Å². The number of rotatable bonds is 1. The molecule has 4 nitrogen and oxygen atoms in total. The van der Waals surface area contributed by atoms with Crippen molar-refractivity contribution in [2.75, 3.05) is 18.9 Å². The Labute approximate surface area is 104 Å². The SMILES string of the molecule is Cn1c(N)nc2c(C3CCOC3)ccc(Cl)c21. The largest absolute Gasteiger partial charge is 0.381 e. The van der Waals surface area contributed by atoms with Crippen LogP contribution < -0.4 is 5.73 Å². The van der Waals surface area contributed by atoms with Gasteiger partial charge in [-0.1, -0.05) is 17.7 Å². The molecule has 2 aromatic rings. The molecule has 1 aromatic heterocycles. The van der Waals surface area contributed by atoms with Crippen LogP contribution in [0, 0.1) is 0 Å². The van der Waals surface area contributed by atoms with Crippen molar-refractivity contribution in [3.05, 3.63) is 22.7 Å². The van der Waals surface area contributed by atoms with Gasteiger partial charge in [-0.3, -0.25) is 0 Å². The summed E-state index contributed by atoms with van der Waals surface area (Å²) in [4.78, 5) is 4.42. The Morgan fingerprint density at radius 2 is 2.35 bits per heavy atom. The van der Waals surface area contributed by atoms with Crippen LogP contribution in [0.1, 0.15) is 17.9 Å². The van der Waals surface area contributed by atoms with E-state index >= 15 is 0 Å². The zero-order valence-corrected chi connectivity index (χ0v) is 10.4. The van der Waals surface area contributed by atoms with E-state index in [4.69, 9.17) is 22.1 Å². The van der Waals surface area contributed by atoms with Gasteiger partial charge in [0.2, 0.25) is 5.95 Å². The van der Waals surface area contributed by atoms with E-state index in [1.54, 1.807) is 0 Å². The van der Waals surface area contributed by atoms with Gasteiger partial charge in [-0.05, 0) is 18.1 Å². The van der Waals surface area contributed by atoms with E-state index in [1.165, 1.54) is 5.56 Å². The molecule has 17 heavy (non-hydrogen) atoms. The lowest BCUT2D eigenvalue weighted by Crippen LogP contribution is -1.99. The fraction of sp³-hybridized carbons (Fsp3) is 0.417. The minimum Gasteiger partial charge on any atom is -0.381 e. The van der Waals surface area contributed by atoms with E-state index in [9.17, 15) is 0 Å². The summed E-state index contributed by atoms with van der Waals surface area (Å²) < 4.78 is 7.26. The van der Waals surface area contributed by atoms with Gasteiger partial charge in [0.05, 0.1) is 22.7 Å². The molecule has 1 aliphatic heterocycles. The van der Waals surface area contributed by atoms with Crippen molar-refractivity contribution in [3.63, 3.8) is 0 Å². The third-order valence-electron chi connectivity index (χ3n) is 3.41. The molecule has 1 atom stereocenters. The minimum absolute atomic E-state index is 0.407. The summed E-state index contributed by atoms with van der Waals surface area (Å²) >= 11 is 6.21. The third-order valence-corrected chi connectivity index (χ3v) is 3.71. The monoisotopic (exact) mass is 251 g/mol. The number of fused-ring (bicyclic) bond motifs is 1. The molecule has 2 heterocycles. The first kappa shape index (κ1) is 10.9. The number of aryl methyl sites for hydroxylation is 1. The second-order valence-corrected chi connectivity index (χ2v) is 4.83. The van der Waals surface area contributed by atoms with Gasteiger partial charge < -0.3 is 15.0 Å². The Kier molecular flexibility index (Phi) is 2.49. The zero-order valence-electron chi connectivity index (χ0n) is 9.61. The van der Waals surface area contributed by atoms with E-state index < -0.39 is 0 Å². The molecule has 2 N–H and O–H groups in total. The smallest absolute Gasteiger partial charge is 0.200 e. The Bertz CT molecular complexity index is 573. The number of nitrogen functional groups attached to an aromatic ring is 1. The van der Waals surface area contributed by atoms with Gasteiger partial charge in [0, 0.05) is 19.6 Å². The maximum Gasteiger partial charge on any atom is 0.200 e. The van der Waals surface area contributed by atoms with Crippen LogP contribution in [0.2, 0.25) is 5.02 Å². The molecule has 0 radical (unpaired) electrons. The molecule has 1 fully saturated rings. The molecular weight excluding hydrogens is 238 g/mol. The Hall–Kier alpha value is -1.26. The average Bonchev–Trinajstić information content (AvgIpc) is 2.90. The highest BCUT2D eigenvalue weighted by Crippen LogP contribution is 2.34. The summed E-state index contributed by atoms with van der Waals surface area (Å²) in [5.74, 6) is 0.900. The highest BCUT2D eigenvalue weighted by atomic mass is 35.5. The summed E-state index contributed by atoms with van der Waals surface area (Å²) in [5.41, 5.74) is 8.86. The van der Waals surface area contributed by atoms with Crippen molar-refractivity contribution >= 4 is 28.6 Å². The third kappa shape index (κ3) is 1.59. The highest BCUT2D eigenvalue weighted by molar-refractivity contribution is 6.35. The molecule has 0 aliphatic carbocycles. The topological polar surface area (TPSA) is 53.1 Å². The van der Waals surface area contributed by atoms with Crippen LogP contribution >= 0.6 is 11.6 Å². The number of imidazole rings is 1. The van der Waals surface area contributed by atoms with Crippen molar-refractivity contribution in [1.29, 1.82) is 0 Å². The van der Waals surface area contributed by atoms with Crippen molar-refractivity contribution in [3.8, 4) is 0 Å². The molecule has 3 rings (SSSR count). The van der Waals surface area contributed by atoms with Gasteiger partial charge in [0.15, 0.2) is 0 Å². The van der Waals surface area contributed by atoms with E-state index in [1.807, 2.05) is 23.7 Å². The summed E-state index contributed by atoms with van der Waals surface area (Å²) in [6, 6.07) is 3.95. The molecular formula is C12H14ClN3O. The highest BCUT2D eigenvalue weighted by Gasteiger charge is 2.23. The van der Waals surface area contributed by atoms with E-state index in [0.717, 1.165) is 30.7 Å². The lowest BCUT2D eigenvalue weighted by Gasteiger charge is -2.09. The standard InChI is InChI=1S/C12H14ClN3O/c1-16-11-9(13)3-2-8(7-4-5-17-6-7)10(11)15-12(16)14/h2-3,7H,4-6H2,1H3,(H2,14,15). The van der Waals surface area contributed by atoms with Crippen molar-refractivity contribution in [2.45, 2.75) is 12.3 Å². The quantitative estimate of drug-likeness (QED) is 0.846. The van der Waals surface area contributed by atoms with Gasteiger partial charge >= 0.3 is 0 Å². The number of hydrogen-bond acceptors (Lipinski definition) is 3. The predicted octanol–water partition coefficient (Wildman–Crippen LogP) is 2.31. The first-order chi connectivity index (χ1) is 8.18. The fourth-order valence-corrected chi connectivity index (χ4v) is 2.70. The van der Waals surface area contributed by atoms with Crippen LogP contribution in [0.3, 0.4) is 0 Å². The van der Waals surface area contributed by atoms with E-state index in [2.05, 4.69) is 4.98 Å². The first-order valence-corrected chi connectivity index (χ1v) is 6.04. The van der Waals surface area contributed by atoms with Crippen LogP contribution in [0.5, 0.6) is 0 Å². The summed E-state index contributed by atoms with van der Waals surface area (Å²) in [6.07, 6.45) is 1.03. The fourth-order valence-electron chi connectivity index (χ4n) is 2.42.